The van der Waals surface area contributed by atoms with Crippen LogP contribution in [0.1, 0.15) is 40.5 Å². The Morgan fingerprint density at radius 3 is 2.45 bits per heavy atom. The van der Waals surface area contributed by atoms with E-state index in [-0.39, 0.29) is 16.8 Å². The third-order valence-corrected chi connectivity index (χ3v) is 5.65. The van der Waals surface area contributed by atoms with E-state index in [1.165, 1.54) is 5.01 Å². The van der Waals surface area contributed by atoms with Crippen LogP contribution >= 0.6 is 0 Å². The first kappa shape index (κ1) is 19.5. The van der Waals surface area contributed by atoms with E-state index >= 15 is 0 Å². The average molecular weight is 359 g/mol. The zero-order valence-corrected chi connectivity index (χ0v) is 15.0. The van der Waals surface area contributed by atoms with Crippen molar-refractivity contribution in [3.63, 3.8) is 0 Å². The zero-order chi connectivity index (χ0) is 16.8. The molecule has 1 rings (SSSR count). The van der Waals surface area contributed by atoms with E-state index in [4.69, 9.17) is 14.2 Å². The molecule has 0 atom stereocenters. The third kappa shape index (κ3) is 5.26. The van der Waals surface area contributed by atoms with Crippen molar-refractivity contribution in [3.05, 3.63) is 11.6 Å². The second-order valence-electron chi connectivity index (χ2n) is 6.38. The summed E-state index contributed by atoms with van der Waals surface area (Å²) in [6.45, 7) is 12.6. The molecule has 0 unspecified atom stereocenters. The Hall–Kier alpha value is -0.564. The van der Waals surface area contributed by atoms with Gasteiger partial charge in [0.1, 0.15) is 0 Å². The van der Waals surface area contributed by atoms with E-state index in [2.05, 4.69) is 6.58 Å². The van der Waals surface area contributed by atoms with Crippen LogP contribution in [-0.2, 0) is 36.5 Å². The van der Waals surface area contributed by atoms with Gasteiger partial charge >= 0.3 is 137 Å². The first-order chi connectivity index (χ1) is 10.3. The summed E-state index contributed by atoms with van der Waals surface area (Å²) in [5.41, 5.74) is -0.654. The van der Waals surface area contributed by atoms with E-state index in [0.717, 1.165) is 6.42 Å². The number of carbonyl (C=O) groups is 1. The van der Waals surface area contributed by atoms with E-state index in [1.54, 1.807) is 6.92 Å². The first-order valence-corrected chi connectivity index (χ1v) is 9.30. The summed E-state index contributed by atoms with van der Waals surface area (Å²) in [5.74, 6) is -0.210. The van der Waals surface area contributed by atoms with Crippen LogP contribution in [0.3, 0.4) is 0 Å². The number of hydrogen-bond acceptors (Lipinski definition) is 5. The molecule has 0 aromatic heterocycles. The summed E-state index contributed by atoms with van der Waals surface area (Å²) < 4.78 is 28.8. The predicted molar refractivity (Wildman–Crippen MR) is 79.1 cm³/mol. The molecule has 5 nitrogen and oxygen atoms in total. The molecule has 0 aromatic rings. The third-order valence-electron chi connectivity index (χ3n) is 3.87. The zero-order valence-electron chi connectivity index (χ0n) is 14.0. The molecular weight excluding hydrogens is 331 g/mol. The number of hydrogen-bond donors (Lipinski definition) is 0. The molecule has 1 aliphatic heterocycles. The molecule has 1 aliphatic rings. The fraction of sp³-hybridized carbons (Fsp3) is 0.812. The minimum atomic E-state index is -1.43. The van der Waals surface area contributed by atoms with Gasteiger partial charge in [-0.2, -0.15) is 0 Å². The summed E-state index contributed by atoms with van der Waals surface area (Å²) >= 11 is -1.43. The van der Waals surface area contributed by atoms with Crippen molar-refractivity contribution in [1.82, 2.24) is 0 Å². The van der Waals surface area contributed by atoms with Crippen LogP contribution in [-0.4, -0.2) is 32.1 Å². The van der Waals surface area contributed by atoms with Crippen LogP contribution in [0.25, 0.3) is 0 Å². The maximum absolute atomic E-state index is 11.7. The molecule has 1 heterocycles. The molecule has 1 saturated heterocycles. The van der Waals surface area contributed by atoms with Crippen molar-refractivity contribution in [2.75, 3.05) is 19.8 Å². The van der Waals surface area contributed by atoms with Gasteiger partial charge in [0.25, 0.3) is 0 Å². The molecule has 22 heavy (non-hydrogen) atoms. The normalized spacial score (nSPS) is 26.4. The van der Waals surface area contributed by atoms with Gasteiger partial charge in [0.15, 0.2) is 0 Å². The van der Waals surface area contributed by atoms with Crippen LogP contribution in [0.2, 0.25) is 5.36 Å². The van der Waals surface area contributed by atoms with Crippen molar-refractivity contribution in [1.29, 1.82) is 0 Å². The monoisotopic (exact) mass is 359 g/mol. The van der Waals surface area contributed by atoms with Crippen LogP contribution in [0.5, 0.6) is 0 Å². The van der Waals surface area contributed by atoms with E-state index < -0.39 is 19.9 Å². The fourth-order valence-corrected chi connectivity index (χ4v) is 3.43. The number of carbonyl (C=O) groups excluding carboxylic acids is 1. The van der Waals surface area contributed by atoms with Crippen molar-refractivity contribution in [3.8, 4) is 0 Å². The maximum atomic E-state index is 11.7. The topological polar surface area (TPSA) is 61.8 Å². The van der Waals surface area contributed by atoms with Gasteiger partial charge in [-0.1, -0.05) is 0 Å². The van der Waals surface area contributed by atoms with Crippen molar-refractivity contribution in [2.24, 2.45) is 10.8 Å². The quantitative estimate of drug-likeness (QED) is 0.623. The summed E-state index contributed by atoms with van der Waals surface area (Å²) in [5, 5.41) is 1.94. The molecule has 0 bridgehead atoms. The standard InChI is InChI=1S/C14H25O4.C2H3.Co.O/c1-6-11(15)16-8-14(7-2)9-17-12(18-10-14)13(3,4)5;1-2;;/h12H,3,6-10H2,1-2,4-5H3;1H,2H2;;. The number of esters is 1. The second-order valence-corrected chi connectivity index (χ2v) is 8.14. The predicted octanol–water partition coefficient (Wildman–Crippen LogP) is 3.26. The van der Waals surface area contributed by atoms with Gasteiger partial charge < -0.3 is 0 Å². The first-order valence-electron chi connectivity index (χ1n) is 7.54. The Bertz CT molecular complexity index is 411. The molecule has 0 radical (unpaired) electrons. The van der Waals surface area contributed by atoms with Gasteiger partial charge in [-0.15, -0.1) is 0 Å². The van der Waals surface area contributed by atoms with Crippen LogP contribution in [0.4, 0.5) is 0 Å². The Labute approximate surface area is 137 Å². The average Bonchev–Trinajstić information content (AvgIpc) is 2.52. The fourth-order valence-electron chi connectivity index (χ4n) is 2.17. The van der Waals surface area contributed by atoms with Crippen molar-refractivity contribution < 1.29 is 36.5 Å². The van der Waals surface area contributed by atoms with Gasteiger partial charge in [0.05, 0.1) is 0 Å². The molecule has 0 amide bonds. The van der Waals surface area contributed by atoms with Crippen molar-refractivity contribution >= 4 is 5.97 Å². The van der Waals surface area contributed by atoms with E-state index in [9.17, 15) is 8.66 Å². The molecule has 131 valence electrons. The minimum absolute atomic E-state index is 0.210. The second kappa shape index (κ2) is 8.33. The molecule has 0 aliphatic carbocycles. The summed E-state index contributed by atoms with van der Waals surface area (Å²) in [4.78, 5) is 11.3. The van der Waals surface area contributed by atoms with Crippen LogP contribution in [0, 0.1) is 10.8 Å². The molecule has 6 heteroatoms. The molecule has 0 saturated carbocycles. The molecular formula is C16H28CoO5. The molecule has 0 spiro atoms. The van der Waals surface area contributed by atoms with Crippen LogP contribution < -0.4 is 0 Å². The van der Waals surface area contributed by atoms with Crippen LogP contribution in [0.15, 0.2) is 11.6 Å². The van der Waals surface area contributed by atoms with Gasteiger partial charge in [-0.05, 0) is 0 Å². The number of ether oxygens (including phenoxy) is 3. The Morgan fingerprint density at radius 2 is 2.00 bits per heavy atom. The Morgan fingerprint density at radius 1 is 1.41 bits per heavy atom. The van der Waals surface area contributed by atoms with Gasteiger partial charge in [-0.25, -0.2) is 0 Å². The van der Waals surface area contributed by atoms with Gasteiger partial charge in [0.2, 0.25) is 0 Å². The summed E-state index contributed by atoms with van der Waals surface area (Å²) in [6, 6.07) is 0. The van der Waals surface area contributed by atoms with Gasteiger partial charge in [-0.3, -0.25) is 0 Å². The summed E-state index contributed by atoms with van der Waals surface area (Å²) in [6.07, 6.45) is 0.760. The molecule has 0 N–H and O–H groups in total. The Kier molecular flexibility index (Phi) is 7.38. The number of rotatable bonds is 8. The van der Waals surface area contributed by atoms with Crippen molar-refractivity contribution in [2.45, 2.75) is 52.2 Å². The van der Waals surface area contributed by atoms with Gasteiger partial charge in [0, 0.05) is 0 Å². The SMILES string of the molecule is C=[CH][Co](=[O])[CH2]C(C)(C)C1OCC(CC)(COC(=O)CC)CO1. The molecule has 1 fully saturated rings. The van der Waals surface area contributed by atoms with E-state index in [1.807, 2.05) is 20.8 Å². The van der Waals surface area contributed by atoms with E-state index in [0.29, 0.717) is 31.6 Å². The Balaban J connectivity index is 2.61. The summed E-state index contributed by atoms with van der Waals surface area (Å²) in [7, 11) is 0. The molecule has 0 aromatic carbocycles.